The number of carbonyl (C=O) groups is 1. The minimum atomic E-state index is -0.449. The molecule has 66 valence electrons. The van der Waals surface area contributed by atoms with E-state index in [1.165, 1.54) is 0 Å². The monoisotopic (exact) mass is 159 g/mol. The van der Waals surface area contributed by atoms with Crippen molar-refractivity contribution in [2.24, 2.45) is 11.7 Å². The fourth-order valence-electron chi connectivity index (χ4n) is 0.853. The molecule has 0 aromatic heterocycles. The lowest BCUT2D eigenvalue weighted by Gasteiger charge is -2.11. The van der Waals surface area contributed by atoms with Crippen LogP contribution in [0.15, 0.2) is 0 Å². The average molecular weight is 159 g/mol. The molecule has 3 nitrogen and oxygen atoms in total. The molecule has 1 atom stereocenters. The third-order valence-electron chi connectivity index (χ3n) is 1.31. The van der Waals surface area contributed by atoms with Crippen molar-refractivity contribution < 1.29 is 9.53 Å². The lowest BCUT2D eigenvalue weighted by molar-refractivity contribution is -0.145. The van der Waals surface area contributed by atoms with Gasteiger partial charge in [-0.3, -0.25) is 4.79 Å². The Labute approximate surface area is 67.9 Å². The molecule has 0 bridgehead atoms. The van der Waals surface area contributed by atoms with Gasteiger partial charge in [0.25, 0.3) is 0 Å². The standard InChI is InChI=1S/C8H17NO2/c1-4-11-8(10)7(9)5-6(2)3/h6-7H,4-5,9H2,1-3H3. The van der Waals surface area contributed by atoms with Gasteiger partial charge < -0.3 is 10.5 Å². The van der Waals surface area contributed by atoms with Crippen LogP contribution in [-0.4, -0.2) is 18.6 Å². The van der Waals surface area contributed by atoms with Gasteiger partial charge in [-0.1, -0.05) is 13.8 Å². The van der Waals surface area contributed by atoms with Crippen molar-refractivity contribution in [1.82, 2.24) is 0 Å². The lowest BCUT2D eigenvalue weighted by atomic mass is 10.1. The van der Waals surface area contributed by atoms with Gasteiger partial charge in [-0.15, -0.1) is 0 Å². The van der Waals surface area contributed by atoms with E-state index in [0.29, 0.717) is 18.9 Å². The van der Waals surface area contributed by atoms with Crippen LogP contribution in [0.2, 0.25) is 0 Å². The van der Waals surface area contributed by atoms with Crippen LogP contribution in [-0.2, 0) is 9.53 Å². The number of hydrogen-bond acceptors (Lipinski definition) is 3. The zero-order valence-electron chi connectivity index (χ0n) is 7.46. The van der Waals surface area contributed by atoms with Gasteiger partial charge in [-0.05, 0) is 19.3 Å². The molecule has 0 aliphatic carbocycles. The van der Waals surface area contributed by atoms with Crippen LogP contribution in [0.4, 0.5) is 0 Å². The van der Waals surface area contributed by atoms with Crippen LogP contribution in [0.3, 0.4) is 0 Å². The van der Waals surface area contributed by atoms with Crippen molar-refractivity contribution in [3.05, 3.63) is 0 Å². The number of ether oxygens (including phenoxy) is 1. The largest absolute Gasteiger partial charge is 0.465 e. The third-order valence-corrected chi connectivity index (χ3v) is 1.31. The highest BCUT2D eigenvalue weighted by molar-refractivity contribution is 5.75. The van der Waals surface area contributed by atoms with E-state index in [1.807, 2.05) is 13.8 Å². The number of carbonyl (C=O) groups excluding carboxylic acids is 1. The minimum absolute atomic E-state index is 0.291. The Morgan fingerprint density at radius 2 is 2.09 bits per heavy atom. The van der Waals surface area contributed by atoms with Gasteiger partial charge in [0.05, 0.1) is 6.61 Å². The van der Waals surface area contributed by atoms with E-state index in [9.17, 15) is 4.79 Å². The van der Waals surface area contributed by atoms with E-state index in [2.05, 4.69) is 0 Å². The van der Waals surface area contributed by atoms with Gasteiger partial charge in [0, 0.05) is 0 Å². The fraction of sp³-hybridized carbons (Fsp3) is 0.875. The molecular weight excluding hydrogens is 142 g/mol. The minimum Gasteiger partial charge on any atom is -0.465 e. The molecule has 3 heteroatoms. The number of hydrogen-bond donors (Lipinski definition) is 1. The smallest absolute Gasteiger partial charge is 0.322 e. The summed E-state index contributed by atoms with van der Waals surface area (Å²) in [6, 6.07) is -0.449. The van der Waals surface area contributed by atoms with E-state index in [1.54, 1.807) is 6.92 Å². The number of rotatable bonds is 4. The highest BCUT2D eigenvalue weighted by Gasteiger charge is 2.15. The lowest BCUT2D eigenvalue weighted by Crippen LogP contribution is -2.33. The van der Waals surface area contributed by atoms with Crippen molar-refractivity contribution in [3.8, 4) is 0 Å². The van der Waals surface area contributed by atoms with Crippen molar-refractivity contribution in [1.29, 1.82) is 0 Å². The van der Waals surface area contributed by atoms with E-state index < -0.39 is 6.04 Å². The van der Waals surface area contributed by atoms with Gasteiger partial charge in [0.1, 0.15) is 6.04 Å². The second kappa shape index (κ2) is 5.13. The first-order valence-electron chi connectivity index (χ1n) is 4.00. The summed E-state index contributed by atoms with van der Waals surface area (Å²) in [4.78, 5) is 10.9. The van der Waals surface area contributed by atoms with E-state index in [0.717, 1.165) is 0 Å². The molecule has 0 aliphatic heterocycles. The SMILES string of the molecule is CCOC(=O)C(N)CC(C)C. The molecule has 2 N–H and O–H groups in total. The summed E-state index contributed by atoms with van der Waals surface area (Å²) in [6.45, 7) is 6.24. The summed E-state index contributed by atoms with van der Waals surface area (Å²) in [6.07, 6.45) is 0.693. The molecule has 11 heavy (non-hydrogen) atoms. The topological polar surface area (TPSA) is 52.3 Å². The number of esters is 1. The van der Waals surface area contributed by atoms with E-state index in [-0.39, 0.29) is 5.97 Å². The van der Waals surface area contributed by atoms with Crippen LogP contribution in [0.1, 0.15) is 27.2 Å². The maximum atomic E-state index is 10.9. The molecule has 0 amide bonds. The van der Waals surface area contributed by atoms with Crippen molar-refractivity contribution in [2.45, 2.75) is 33.2 Å². The zero-order chi connectivity index (χ0) is 8.85. The normalized spacial score (nSPS) is 13.2. The van der Waals surface area contributed by atoms with Crippen molar-refractivity contribution in [2.75, 3.05) is 6.61 Å². The highest BCUT2D eigenvalue weighted by Crippen LogP contribution is 2.03. The Bertz CT molecular complexity index is 123. The van der Waals surface area contributed by atoms with Crippen LogP contribution < -0.4 is 5.73 Å². The molecule has 0 aromatic carbocycles. The third kappa shape index (κ3) is 4.79. The van der Waals surface area contributed by atoms with Crippen LogP contribution in [0, 0.1) is 5.92 Å². The Kier molecular flexibility index (Phi) is 4.86. The molecule has 0 aliphatic rings. The van der Waals surface area contributed by atoms with Crippen LogP contribution >= 0.6 is 0 Å². The van der Waals surface area contributed by atoms with Crippen molar-refractivity contribution >= 4 is 5.97 Å². The van der Waals surface area contributed by atoms with Crippen LogP contribution in [0.25, 0.3) is 0 Å². The molecule has 0 saturated carbocycles. The predicted octanol–water partition coefficient (Wildman–Crippen LogP) is 0.923. The molecule has 0 fully saturated rings. The predicted molar refractivity (Wildman–Crippen MR) is 44.1 cm³/mol. The molecule has 1 unspecified atom stereocenters. The summed E-state index contributed by atoms with van der Waals surface area (Å²) in [7, 11) is 0. The molecule has 0 radical (unpaired) electrons. The molecule has 0 saturated heterocycles. The second-order valence-electron chi connectivity index (χ2n) is 2.99. The van der Waals surface area contributed by atoms with Gasteiger partial charge >= 0.3 is 5.97 Å². The first kappa shape index (κ1) is 10.4. The Morgan fingerprint density at radius 3 is 2.45 bits per heavy atom. The summed E-state index contributed by atoms with van der Waals surface area (Å²) in [5, 5.41) is 0. The first-order valence-corrected chi connectivity index (χ1v) is 4.00. The molecule has 0 heterocycles. The molecule has 0 spiro atoms. The zero-order valence-corrected chi connectivity index (χ0v) is 7.46. The molecular formula is C8H17NO2. The fourth-order valence-corrected chi connectivity index (χ4v) is 0.853. The second-order valence-corrected chi connectivity index (χ2v) is 2.99. The Morgan fingerprint density at radius 1 is 1.55 bits per heavy atom. The maximum Gasteiger partial charge on any atom is 0.322 e. The summed E-state index contributed by atoms with van der Waals surface area (Å²) < 4.78 is 4.74. The quantitative estimate of drug-likeness (QED) is 0.621. The van der Waals surface area contributed by atoms with Gasteiger partial charge in [-0.2, -0.15) is 0 Å². The molecule has 0 aromatic rings. The Hall–Kier alpha value is -0.570. The Balaban J connectivity index is 3.64. The van der Waals surface area contributed by atoms with E-state index in [4.69, 9.17) is 10.5 Å². The number of nitrogens with two attached hydrogens (primary N) is 1. The summed E-state index contributed by atoms with van der Waals surface area (Å²) in [5.74, 6) is 0.149. The summed E-state index contributed by atoms with van der Waals surface area (Å²) >= 11 is 0. The average Bonchev–Trinajstić information content (AvgIpc) is 1.86. The van der Waals surface area contributed by atoms with Gasteiger partial charge in [-0.25, -0.2) is 0 Å². The maximum absolute atomic E-state index is 10.9. The highest BCUT2D eigenvalue weighted by atomic mass is 16.5. The van der Waals surface area contributed by atoms with Crippen molar-refractivity contribution in [3.63, 3.8) is 0 Å². The van der Waals surface area contributed by atoms with Gasteiger partial charge in [0.15, 0.2) is 0 Å². The van der Waals surface area contributed by atoms with E-state index >= 15 is 0 Å². The van der Waals surface area contributed by atoms with Gasteiger partial charge in [0.2, 0.25) is 0 Å². The molecule has 0 rings (SSSR count). The van der Waals surface area contributed by atoms with Crippen LogP contribution in [0.5, 0.6) is 0 Å². The summed E-state index contributed by atoms with van der Waals surface area (Å²) in [5.41, 5.74) is 5.53. The first-order chi connectivity index (χ1) is 5.07.